The molecule has 3 aromatic heterocycles. The van der Waals surface area contributed by atoms with Gasteiger partial charge in [-0.05, 0) is 49.6 Å². The van der Waals surface area contributed by atoms with Crippen LogP contribution in [0.2, 0.25) is 0 Å². The van der Waals surface area contributed by atoms with Crippen molar-refractivity contribution < 1.29 is 13.2 Å². The van der Waals surface area contributed by atoms with Gasteiger partial charge in [0, 0.05) is 24.7 Å². The number of anilines is 2. The van der Waals surface area contributed by atoms with Gasteiger partial charge in [-0.3, -0.25) is 0 Å². The summed E-state index contributed by atoms with van der Waals surface area (Å²) in [5.41, 5.74) is 2.94. The maximum absolute atomic E-state index is 14.2. The Morgan fingerprint density at radius 2 is 1.84 bits per heavy atom. The second kappa shape index (κ2) is 8.10. The second-order valence-corrected chi connectivity index (χ2v) is 7.87. The first-order chi connectivity index (χ1) is 15.5. The van der Waals surface area contributed by atoms with E-state index in [1.54, 1.807) is 6.20 Å². The van der Waals surface area contributed by atoms with Crippen LogP contribution in [-0.2, 0) is 0 Å². The molecule has 0 aliphatic carbocycles. The first-order valence-electron chi connectivity index (χ1n) is 10.3. The first kappa shape index (κ1) is 20.2. The molecule has 5 rings (SSSR count). The quantitative estimate of drug-likeness (QED) is 0.519. The van der Waals surface area contributed by atoms with Gasteiger partial charge >= 0.3 is 0 Å². The van der Waals surface area contributed by atoms with Crippen molar-refractivity contribution in [2.45, 2.75) is 25.8 Å². The van der Waals surface area contributed by atoms with Crippen molar-refractivity contribution in [1.29, 1.82) is 0 Å². The van der Waals surface area contributed by atoms with Crippen molar-refractivity contribution in [3.63, 3.8) is 0 Å². The van der Waals surface area contributed by atoms with Crippen molar-refractivity contribution in [2.75, 3.05) is 23.3 Å². The predicted octanol–water partition coefficient (Wildman–Crippen LogP) is 3.99. The molecule has 0 amide bonds. The molecule has 0 saturated carbocycles. The van der Waals surface area contributed by atoms with Gasteiger partial charge in [0.1, 0.15) is 5.82 Å². The minimum Gasteiger partial charge on any atom is -0.370 e. The molecule has 0 bridgehead atoms. The van der Waals surface area contributed by atoms with Crippen LogP contribution in [0.15, 0.2) is 42.7 Å². The van der Waals surface area contributed by atoms with Crippen LogP contribution in [-0.4, -0.2) is 43.9 Å². The minimum absolute atomic E-state index is 0.149. The van der Waals surface area contributed by atoms with E-state index in [4.69, 9.17) is 0 Å². The smallest absolute Gasteiger partial charge is 0.243 e. The Labute approximate surface area is 181 Å². The monoisotopic (exact) mass is 439 g/mol. The van der Waals surface area contributed by atoms with Crippen LogP contribution in [0.1, 0.15) is 18.5 Å². The number of aryl methyl sites for hydroxylation is 1. The third kappa shape index (κ3) is 3.95. The second-order valence-electron chi connectivity index (χ2n) is 7.87. The number of fused-ring (bicyclic) bond motifs is 1. The molecule has 1 aliphatic heterocycles. The predicted molar refractivity (Wildman–Crippen MR) is 114 cm³/mol. The average Bonchev–Trinajstić information content (AvgIpc) is 3.17. The number of hydrogen-bond acceptors (Lipinski definition) is 6. The van der Waals surface area contributed by atoms with E-state index in [9.17, 15) is 13.2 Å². The summed E-state index contributed by atoms with van der Waals surface area (Å²) in [6.45, 7) is 3.59. The summed E-state index contributed by atoms with van der Waals surface area (Å²) in [6, 6.07) is 6.83. The van der Waals surface area contributed by atoms with Gasteiger partial charge in [-0.1, -0.05) is 6.07 Å². The summed E-state index contributed by atoms with van der Waals surface area (Å²) >= 11 is 0. The number of pyridine rings is 1. The third-order valence-electron chi connectivity index (χ3n) is 5.59. The Kier molecular flexibility index (Phi) is 5.12. The summed E-state index contributed by atoms with van der Waals surface area (Å²) in [4.78, 5) is 6.75. The number of nitrogens with zero attached hydrogens (tertiary/aromatic N) is 6. The van der Waals surface area contributed by atoms with Crippen LogP contribution in [0.25, 0.3) is 16.8 Å². The summed E-state index contributed by atoms with van der Waals surface area (Å²) in [5.74, 6) is -2.16. The highest BCUT2D eigenvalue weighted by atomic mass is 19.2. The number of benzene rings is 1. The molecule has 0 spiro atoms. The molecule has 4 aromatic rings. The van der Waals surface area contributed by atoms with Crippen molar-refractivity contribution in [2.24, 2.45) is 0 Å². The molecule has 1 aliphatic rings. The number of nitrogens with one attached hydrogen (secondary N) is 1. The van der Waals surface area contributed by atoms with Crippen LogP contribution in [0, 0.1) is 24.4 Å². The number of aromatic nitrogens is 5. The lowest BCUT2D eigenvalue weighted by atomic mass is 10.0. The molecule has 0 radical (unpaired) electrons. The Balaban J connectivity index is 1.35. The Bertz CT molecular complexity index is 1280. The fourth-order valence-electron chi connectivity index (χ4n) is 3.99. The molecule has 0 unspecified atom stereocenters. The Morgan fingerprint density at radius 1 is 1.03 bits per heavy atom. The molecule has 164 valence electrons. The maximum atomic E-state index is 14.2. The van der Waals surface area contributed by atoms with E-state index in [1.807, 2.05) is 13.0 Å². The lowest BCUT2D eigenvalue weighted by molar-refractivity contribution is 0.509. The fraction of sp³-hybridized carbons (Fsp3) is 0.273. The van der Waals surface area contributed by atoms with Crippen LogP contribution in [0.3, 0.4) is 0 Å². The average molecular weight is 439 g/mol. The highest BCUT2D eigenvalue weighted by molar-refractivity contribution is 5.78. The third-order valence-corrected chi connectivity index (χ3v) is 5.59. The zero-order chi connectivity index (χ0) is 22.2. The number of halogens is 3. The van der Waals surface area contributed by atoms with E-state index in [1.165, 1.54) is 22.8 Å². The Hall–Kier alpha value is -3.69. The first-order valence-corrected chi connectivity index (χ1v) is 10.3. The van der Waals surface area contributed by atoms with E-state index < -0.39 is 17.5 Å². The fourth-order valence-corrected chi connectivity index (χ4v) is 3.99. The van der Waals surface area contributed by atoms with E-state index in [0.29, 0.717) is 22.7 Å². The van der Waals surface area contributed by atoms with Gasteiger partial charge in [0.2, 0.25) is 5.95 Å². The van der Waals surface area contributed by atoms with Crippen molar-refractivity contribution >= 4 is 17.3 Å². The van der Waals surface area contributed by atoms with Gasteiger partial charge in [0.25, 0.3) is 0 Å². The zero-order valence-corrected chi connectivity index (χ0v) is 17.3. The molecular formula is C22H20F3N7. The van der Waals surface area contributed by atoms with E-state index >= 15 is 0 Å². The number of hydrogen-bond donors (Lipinski definition) is 1. The van der Waals surface area contributed by atoms with Crippen molar-refractivity contribution in [1.82, 2.24) is 24.8 Å². The van der Waals surface area contributed by atoms with Crippen LogP contribution >= 0.6 is 0 Å². The minimum atomic E-state index is -1.01. The van der Waals surface area contributed by atoms with Crippen LogP contribution < -0.4 is 10.2 Å². The van der Waals surface area contributed by atoms with Crippen LogP contribution in [0.4, 0.5) is 24.8 Å². The van der Waals surface area contributed by atoms with Crippen LogP contribution in [0.5, 0.6) is 0 Å². The molecule has 10 heteroatoms. The standard InChI is InChI=1S/C22H20F3N7/c1-13-8-17(11-26-29-13)31-6-4-16(5-7-31)27-22-28-21-18(10-15(23)12-32(21)30-22)14-2-3-19(24)20(25)9-14/h2-3,8-12,16H,4-7H2,1H3,(H,27,30). The lowest BCUT2D eigenvalue weighted by Gasteiger charge is -2.33. The number of rotatable bonds is 4. The molecular weight excluding hydrogens is 419 g/mol. The van der Waals surface area contributed by atoms with E-state index in [-0.39, 0.29) is 6.04 Å². The SMILES string of the molecule is Cc1cc(N2CCC(Nc3nc4c(-c5ccc(F)c(F)c5)cc(F)cn4n3)CC2)cnn1. The Morgan fingerprint density at radius 3 is 2.59 bits per heavy atom. The molecule has 4 heterocycles. The molecule has 7 nitrogen and oxygen atoms in total. The summed E-state index contributed by atoms with van der Waals surface area (Å²) in [5, 5.41) is 15.7. The largest absolute Gasteiger partial charge is 0.370 e. The topological polar surface area (TPSA) is 71.2 Å². The highest BCUT2D eigenvalue weighted by Gasteiger charge is 2.22. The van der Waals surface area contributed by atoms with Crippen molar-refractivity contribution in [3.05, 3.63) is 65.9 Å². The van der Waals surface area contributed by atoms with Gasteiger partial charge in [0.15, 0.2) is 17.3 Å². The lowest BCUT2D eigenvalue weighted by Crippen LogP contribution is -2.39. The molecule has 1 aromatic carbocycles. The maximum Gasteiger partial charge on any atom is 0.243 e. The van der Waals surface area contributed by atoms with E-state index in [2.05, 4.69) is 30.5 Å². The molecule has 32 heavy (non-hydrogen) atoms. The zero-order valence-electron chi connectivity index (χ0n) is 17.3. The van der Waals surface area contributed by atoms with E-state index in [0.717, 1.165) is 49.4 Å². The summed E-state index contributed by atoms with van der Waals surface area (Å²) in [6.07, 6.45) is 4.69. The summed E-state index contributed by atoms with van der Waals surface area (Å²) in [7, 11) is 0. The van der Waals surface area contributed by atoms with Gasteiger partial charge in [-0.2, -0.15) is 15.2 Å². The molecule has 1 N–H and O–H groups in total. The van der Waals surface area contributed by atoms with Gasteiger partial charge < -0.3 is 10.2 Å². The van der Waals surface area contributed by atoms with Crippen molar-refractivity contribution in [3.8, 4) is 11.1 Å². The van der Waals surface area contributed by atoms with Gasteiger partial charge in [-0.15, -0.1) is 5.10 Å². The normalized spacial score (nSPS) is 14.8. The highest BCUT2D eigenvalue weighted by Crippen LogP contribution is 2.27. The molecule has 1 saturated heterocycles. The van der Waals surface area contributed by atoms with Gasteiger partial charge in [-0.25, -0.2) is 17.7 Å². The number of piperidine rings is 1. The van der Waals surface area contributed by atoms with Gasteiger partial charge in [0.05, 0.1) is 23.8 Å². The summed E-state index contributed by atoms with van der Waals surface area (Å²) < 4.78 is 42.5. The molecule has 0 atom stereocenters. The molecule has 1 fully saturated rings.